The summed E-state index contributed by atoms with van der Waals surface area (Å²) in [5, 5.41) is 4.86. The van der Waals surface area contributed by atoms with Crippen molar-refractivity contribution in [3.05, 3.63) is 66.1 Å². The van der Waals surface area contributed by atoms with Crippen LogP contribution in [0.5, 0.6) is 0 Å². The molecule has 0 saturated carbocycles. The van der Waals surface area contributed by atoms with E-state index in [0.717, 1.165) is 37.3 Å². The molecule has 4 rings (SSSR count). The fraction of sp³-hybridized carbons (Fsp3) is 0.250. The van der Waals surface area contributed by atoms with Gasteiger partial charge in [-0.1, -0.05) is 30.3 Å². The molecule has 4 heteroatoms. The van der Waals surface area contributed by atoms with E-state index in [4.69, 9.17) is 4.98 Å². The molecule has 0 spiro atoms. The zero-order valence-corrected chi connectivity index (χ0v) is 13.9. The number of aromatic nitrogens is 3. The van der Waals surface area contributed by atoms with Crippen LogP contribution in [0.2, 0.25) is 0 Å². The van der Waals surface area contributed by atoms with Crippen molar-refractivity contribution in [2.24, 2.45) is 7.05 Å². The average molecular weight is 318 g/mol. The Balaban J connectivity index is 1.32. The van der Waals surface area contributed by atoms with Crippen molar-refractivity contribution in [3.63, 3.8) is 0 Å². The highest BCUT2D eigenvalue weighted by Crippen LogP contribution is 2.19. The van der Waals surface area contributed by atoms with Crippen LogP contribution in [0.1, 0.15) is 17.8 Å². The van der Waals surface area contributed by atoms with Gasteiger partial charge in [-0.25, -0.2) is 4.98 Å². The molecule has 0 saturated heterocycles. The Morgan fingerprint density at radius 3 is 2.83 bits per heavy atom. The molecule has 2 aromatic carbocycles. The number of nitrogens with zero attached hydrogens (tertiary/aromatic N) is 2. The number of hydrogen-bond acceptors (Lipinski definition) is 2. The second-order valence-electron chi connectivity index (χ2n) is 6.22. The number of imidazole rings is 1. The normalized spacial score (nSPS) is 11.5. The van der Waals surface area contributed by atoms with Crippen LogP contribution in [0.4, 0.5) is 0 Å². The molecule has 0 atom stereocenters. The van der Waals surface area contributed by atoms with Crippen molar-refractivity contribution in [2.75, 3.05) is 6.54 Å². The van der Waals surface area contributed by atoms with E-state index in [9.17, 15) is 0 Å². The number of para-hydroxylation sites is 3. The lowest BCUT2D eigenvalue weighted by Gasteiger charge is -2.05. The summed E-state index contributed by atoms with van der Waals surface area (Å²) in [7, 11) is 2.08. The Morgan fingerprint density at radius 1 is 1.08 bits per heavy atom. The lowest BCUT2D eigenvalue weighted by Crippen LogP contribution is -2.17. The lowest BCUT2D eigenvalue weighted by atomic mass is 10.1. The van der Waals surface area contributed by atoms with Gasteiger partial charge in [0.15, 0.2) is 0 Å². The molecule has 0 aliphatic carbocycles. The fourth-order valence-corrected chi connectivity index (χ4v) is 3.30. The zero-order valence-electron chi connectivity index (χ0n) is 13.9. The van der Waals surface area contributed by atoms with Crippen molar-refractivity contribution < 1.29 is 0 Å². The second kappa shape index (κ2) is 6.49. The molecule has 2 N–H and O–H groups in total. The standard InChI is InChI=1S/C20H22N4/c1-24-19-11-5-4-10-18(19)23-20(24)14-21-12-6-7-15-13-22-17-9-3-2-8-16(15)17/h2-5,8-11,13,21-22H,6-7,12,14H2,1H3. The third-order valence-corrected chi connectivity index (χ3v) is 4.64. The summed E-state index contributed by atoms with van der Waals surface area (Å²) in [4.78, 5) is 8.04. The van der Waals surface area contributed by atoms with E-state index in [-0.39, 0.29) is 0 Å². The van der Waals surface area contributed by atoms with E-state index >= 15 is 0 Å². The van der Waals surface area contributed by atoms with Crippen molar-refractivity contribution in [1.82, 2.24) is 19.9 Å². The molecule has 122 valence electrons. The number of rotatable bonds is 6. The molecule has 0 aliphatic heterocycles. The van der Waals surface area contributed by atoms with Crippen LogP contribution >= 0.6 is 0 Å². The number of nitrogens with one attached hydrogen (secondary N) is 2. The molecule has 0 aliphatic rings. The van der Waals surface area contributed by atoms with Gasteiger partial charge in [0.25, 0.3) is 0 Å². The molecule has 4 aromatic rings. The Bertz CT molecular complexity index is 964. The predicted molar refractivity (Wildman–Crippen MR) is 99.0 cm³/mol. The van der Waals surface area contributed by atoms with Gasteiger partial charge in [-0.2, -0.15) is 0 Å². The molecular formula is C20H22N4. The van der Waals surface area contributed by atoms with E-state index in [1.807, 2.05) is 6.07 Å². The van der Waals surface area contributed by atoms with Gasteiger partial charge in [0.1, 0.15) is 5.82 Å². The lowest BCUT2D eigenvalue weighted by molar-refractivity contribution is 0.617. The van der Waals surface area contributed by atoms with Crippen LogP contribution in [-0.2, 0) is 20.0 Å². The Kier molecular flexibility index (Phi) is 4.05. The van der Waals surface area contributed by atoms with Crippen LogP contribution in [0.25, 0.3) is 21.9 Å². The SMILES string of the molecule is Cn1c(CNCCCc2c[nH]c3ccccc23)nc2ccccc21. The van der Waals surface area contributed by atoms with Crippen molar-refractivity contribution in [3.8, 4) is 0 Å². The molecule has 0 radical (unpaired) electrons. The first-order valence-electron chi connectivity index (χ1n) is 8.49. The number of benzene rings is 2. The van der Waals surface area contributed by atoms with Gasteiger partial charge in [-0.3, -0.25) is 0 Å². The van der Waals surface area contributed by atoms with E-state index in [2.05, 4.69) is 70.6 Å². The third-order valence-electron chi connectivity index (χ3n) is 4.64. The predicted octanol–water partition coefficient (Wildman–Crippen LogP) is 3.78. The van der Waals surface area contributed by atoms with Crippen molar-refractivity contribution in [2.45, 2.75) is 19.4 Å². The minimum atomic E-state index is 0.805. The highest BCUT2D eigenvalue weighted by Gasteiger charge is 2.06. The van der Waals surface area contributed by atoms with Gasteiger partial charge in [0, 0.05) is 24.1 Å². The summed E-state index contributed by atoms with van der Waals surface area (Å²) < 4.78 is 2.17. The second-order valence-corrected chi connectivity index (χ2v) is 6.22. The Labute approximate surface area is 141 Å². The highest BCUT2D eigenvalue weighted by molar-refractivity contribution is 5.83. The monoisotopic (exact) mass is 318 g/mol. The summed E-state index contributed by atoms with van der Waals surface area (Å²) in [6.07, 6.45) is 4.33. The van der Waals surface area contributed by atoms with E-state index in [1.165, 1.54) is 22.0 Å². The summed E-state index contributed by atoms with van der Waals surface area (Å²) >= 11 is 0. The minimum Gasteiger partial charge on any atom is -0.361 e. The largest absolute Gasteiger partial charge is 0.361 e. The third kappa shape index (κ3) is 2.81. The first kappa shape index (κ1) is 15.0. The van der Waals surface area contributed by atoms with Gasteiger partial charge in [-0.05, 0) is 43.1 Å². The Morgan fingerprint density at radius 2 is 1.92 bits per heavy atom. The average Bonchev–Trinajstić information content (AvgIpc) is 3.17. The van der Waals surface area contributed by atoms with Gasteiger partial charge >= 0.3 is 0 Å². The van der Waals surface area contributed by atoms with Gasteiger partial charge < -0.3 is 14.9 Å². The minimum absolute atomic E-state index is 0.805. The number of fused-ring (bicyclic) bond motifs is 2. The molecule has 2 aromatic heterocycles. The molecule has 0 unspecified atom stereocenters. The zero-order chi connectivity index (χ0) is 16.4. The number of H-pyrrole nitrogens is 1. The smallest absolute Gasteiger partial charge is 0.123 e. The number of aryl methyl sites for hydroxylation is 2. The fourth-order valence-electron chi connectivity index (χ4n) is 3.30. The van der Waals surface area contributed by atoms with E-state index in [1.54, 1.807) is 0 Å². The number of hydrogen-bond donors (Lipinski definition) is 2. The molecule has 0 amide bonds. The maximum atomic E-state index is 4.70. The quantitative estimate of drug-likeness (QED) is 0.532. The van der Waals surface area contributed by atoms with Crippen molar-refractivity contribution >= 4 is 21.9 Å². The molecule has 2 heterocycles. The van der Waals surface area contributed by atoms with Crippen LogP contribution in [0.3, 0.4) is 0 Å². The van der Waals surface area contributed by atoms with Gasteiger partial charge in [0.2, 0.25) is 0 Å². The van der Waals surface area contributed by atoms with Crippen molar-refractivity contribution in [1.29, 1.82) is 0 Å². The maximum absolute atomic E-state index is 4.70. The van der Waals surface area contributed by atoms with Gasteiger partial charge in [0.05, 0.1) is 17.6 Å². The molecule has 0 fully saturated rings. The first-order valence-corrected chi connectivity index (χ1v) is 8.49. The molecule has 24 heavy (non-hydrogen) atoms. The summed E-state index contributed by atoms with van der Waals surface area (Å²) in [6.45, 7) is 1.79. The molecular weight excluding hydrogens is 296 g/mol. The number of aromatic amines is 1. The van der Waals surface area contributed by atoms with Crippen LogP contribution in [0.15, 0.2) is 54.7 Å². The van der Waals surface area contributed by atoms with Crippen LogP contribution in [0, 0.1) is 0 Å². The Hall–Kier alpha value is -2.59. The molecule has 0 bridgehead atoms. The molecule has 4 nitrogen and oxygen atoms in total. The summed E-state index contributed by atoms with van der Waals surface area (Å²) in [5.41, 5.74) is 4.87. The maximum Gasteiger partial charge on any atom is 0.123 e. The topological polar surface area (TPSA) is 45.6 Å². The highest BCUT2D eigenvalue weighted by atomic mass is 15.1. The summed E-state index contributed by atoms with van der Waals surface area (Å²) in [5.74, 6) is 1.09. The van der Waals surface area contributed by atoms with Crippen LogP contribution < -0.4 is 5.32 Å². The van der Waals surface area contributed by atoms with Crippen LogP contribution in [-0.4, -0.2) is 21.1 Å². The van der Waals surface area contributed by atoms with E-state index < -0.39 is 0 Å². The summed E-state index contributed by atoms with van der Waals surface area (Å²) in [6, 6.07) is 16.8. The van der Waals surface area contributed by atoms with E-state index in [0.29, 0.717) is 0 Å². The first-order chi connectivity index (χ1) is 11.8. The van der Waals surface area contributed by atoms with Gasteiger partial charge in [-0.15, -0.1) is 0 Å².